The molecule has 0 saturated carbocycles. The number of piperazine rings is 1. The lowest BCUT2D eigenvalue weighted by Gasteiger charge is -2.36. The summed E-state index contributed by atoms with van der Waals surface area (Å²) >= 11 is 6.88. The fourth-order valence-electron chi connectivity index (χ4n) is 9.36. The fraction of sp³-hybridized carbons (Fsp3) is 0.434. The Morgan fingerprint density at radius 1 is 0.838 bits per heavy atom. The maximum atomic E-state index is 17.0. The number of hydrogen-bond donors (Lipinski definition) is 3. The molecule has 3 aliphatic heterocycles. The molecule has 4 heterocycles. The second-order valence-electron chi connectivity index (χ2n) is 18.1. The van der Waals surface area contributed by atoms with Gasteiger partial charge in [0, 0.05) is 83.1 Å². The number of aromatic nitrogens is 2. The first-order chi connectivity index (χ1) is 35.8. The molecule has 74 heavy (non-hydrogen) atoms. The van der Waals surface area contributed by atoms with Gasteiger partial charge in [0.1, 0.15) is 23.1 Å². The Kier molecular flexibility index (Phi) is 18.0. The summed E-state index contributed by atoms with van der Waals surface area (Å²) in [5, 5.41) is 17.9. The number of nitrogens with one attached hydrogen (secondary N) is 2. The van der Waals surface area contributed by atoms with Gasteiger partial charge in [-0.15, -0.1) is 0 Å². The number of carbonyl (C=O) groups excluding carboxylic acids is 6. The van der Waals surface area contributed by atoms with Crippen molar-refractivity contribution in [3.63, 3.8) is 0 Å². The molecule has 2 fully saturated rings. The summed E-state index contributed by atoms with van der Waals surface area (Å²) in [5.41, 5.74) is 1.76. The van der Waals surface area contributed by atoms with Crippen LogP contribution in [0, 0.1) is 5.82 Å². The lowest BCUT2D eigenvalue weighted by Crippen LogP contribution is -2.54. The minimum atomic E-state index is -1.01. The number of phenolic OH excluding ortho intramolecular Hbond substituents is 1. The Hall–Kier alpha value is -6.84. The quantitative estimate of drug-likeness (QED) is 0.0523. The van der Waals surface area contributed by atoms with Crippen molar-refractivity contribution >= 4 is 80.5 Å². The highest BCUT2D eigenvalue weighted by molar-refractivity contribution is 6.35. The summed E-state index contributed by atoms with van der Waals surface area (Å²) in [6.07, 6.45) is 1.74. The zero-order valence-electron chi connectivity index (χ0n) is 41.5. The van der Waals surface area contributed by atoms with Crippen LogP contribution in [0.15, 0.2) is 60.7 Å². The Morgan fingerprint density at radius 2 is 1.54 bits per heavy atom. The van der Waals surface area contributed by atoms with Gasteiger partial charge >= 0.3 is 0 Å². The average molecular weight is 1040 g/mol. The average Bonchev–Trinajstić information content (AvgIpc) is 3.66. The molecule has 6 amide bonds. The van der Waals surface area contributed by atoms with E-state index in [9.17, 15) is 33.9 Å². The van der Waals surface area contributed by atoms with E-state index in [4.69, 9.17) is 35.5 Å². The molecule has 8 rings (SSSR count). The van der Waals surface area contributed by atoms with Crippen molar-refractivity contribution in [2.45, 2.75) is 51.5 Å². The van der Waals surface area contributed by atoms with E-state index in [-0.39, 0.29) is 71.0 Å². The maximum Gasteiger partial charge on any atom is 0.262 e. The van der Waals surface area contributed by atoms with E-state index in [2.05, 4.69) is 15.6 Å². The Labute approximate surface area is 432 Å². The third kappa shape index (κ3) is 12.4. The highest BCUT2D eigenvalue weighted by Crippen LogP contribution is 2.42. The Bertz CT molecular complexity index is 2920. The monoisotopic (exact) mass is 1040 g/mol. The molecule has 1 aromatic heterocycles. The second kappa shape index (κ2) is 24.9. The van der Waals surface area contributed by atoms with E-state index in [0.29, 0.717) is 144 Å². The summed E-state index contributed by atoms with van der Waals surface area (Å²) in [6, 6.07) is 16.1. The van der Waals surface area contributed by atoms with E-state index in [1.54, 1.807) is 47.2 Å². The van der Waals surface area contributed by atoms with Crippen LogP contribution in [0.4, 0.5) is 16.2 Å². The lowest BCUT2D eigenvalue weighted by molar-refractivity contribution is -0.136. The molecular formula is C53H60ClFN8O11. The van der Waals surface area contributed by atoms with Crippen LogP contribution < -0.4 is 15.5 Å². The number of benzene rings is 4. The normalized spacial score (nSPS) is 15.8. The number of piperidine rings is 1. The van der Waals surface area contributed by atoms with E-state index in [1.807, 2.05) is 36.1 Å². The molecule has 2 saturated heterocycles. The number of rotatable bonds is 24. The van der Waals surface area contributed by atoms with Crippen molar-refractivity contribution in [2.75, 3.05) is 109 Å². The van der Waals surface area contributed by atoms with Crippen LogP contribution in [0.1, 0.15) is 65.3 Å². The summed E-state index contributed by atoms with van der Waals surface area (Å²) in [5.74, 6) is -2.38. The molecule has 3 aliphatic rings. The van der Waals surface area contributed by atoms with Gasteiger partial charge in [-0.1, -0.05) is 54.9 Å². The number of imide groups is 2. The highest BCUT2D eigenvalue weighted by Gasteiger charge is 2.45. The predicted octanol–water partition coefficient (Wildman–Crippen LogP) is 5.37. The van der Waals surface area contributed by atoms with E-state index < -0.39 is 35.5 Å². The number of ether oxygens (including phenoxy) is 4. The third-order valence-electron chi connectivity index (χ3n) is 13.2. The number of carbonyl (C=O) groups is 6. The Morgan fingerprint density at radius 3 is 2.26 bits per heavy atom. The number of halogens is 2. The fourth-order valence-corrected chi connectivity index (χ4v) is 9.65. The highest BCUT2D eigenvalue weighted by atomic mass is 35.5. The molecule has 0 spiro atoms. The van der Waals surface area contributed by atoms with Gasteiger partial charge in [-0.2, -0.15) is 4.98 Å². The topological polar surface area (TPSA) is 222 Å². The summed E-state index contributed by atoms with van der Waals surface area (Å²) in [4.78, 5) is 91.7. The smallest absolute Gasteiger partial charge is 0.262 e. The number of nitrogens with zero attached hydrogens (tertiary/aromatic N) is 6. The number of hydrogen-bond acceptors (Lipinski definition) is 15. The number of anilines is 2. The third-order valence-corrected chi connectivity index (χ3v) is 13.5. The van der Waals surface area contributed by atoms with E-state index >= 15 is 4.39 Å². The van der Waals surface area contributed by atoms with E-state index in [1.165, 1.54) is 6.07 Å². The molecular weight excluding hydrogens is 979 g/mol. The maximum absolute atomic E-state index is 17.0. The van der Waals surface area contributed by atoms with Crippen LogP contribution in [0.2, 0.25) is 5.02 Å². The standard InChI is InChI=1S/C53H60ClFN8O11/c1-3-43(66)61-17-19-62(20-18-61)49-39-32-40(54)46(38-31-35(64)30-34-8-4-5-11-36(34)38)47(55)48(39)58-53(59-49)56-16-15-44(67)60(2)21-23-72-25-27-74-29-28-73-26-24-71-22-7-10-33-9-6-12-37-45(33)52(70)63(51(37)69)41-13-14-42(65)57-50(41)68/h4-6,8-9,11-12,30-32,41,64H,3,7,10,13-29H2,1-2H3,(H,56,58,59)(H,57,65,68). The number of amides is 6. The molecule has 21 heteroatoms. The van der Waals surface area contributed by atoms with Crippen LogP contribution in [0.3, 0.4) is 0 Å². The van der Waals surface area contributed by atoms with Crippen molar-refractivity contribution in [1.82, 2.24) is 30.0 Å². The van der Waals surface area contributed by atoms with Gasteiger partial charge in [0.15, 0.2) is 5.82 Å². The van der Waals surface area contributed by atoms with Crippen LogP contribution in [-0.2, 0) is 44.5 Å². The minimum Gasteiger partial charge on any atom is -0.508 e. The summed E-state index contributed by atoms with van der Waals surface area (Å²) in [7, 11) is 1.68. The molecule has 1 atom stereocenters. The van der Waals surface area contributed by atoms with Gasteiger partial charge in [-0.3, -0.25) is 39.0 Å². The minimum absolute atomic E-state index is 0.0158. The second-order valence-corrected chi connectivity index (χ2v) is 18.5. The van der Waals surface area contributed by atoms with E-state index in [0.717, 1.165) is 4.90 Å². The van der Waals surface area contributed by atoms with Crippen LogP contribution in [0.5, 0.6) is 5.75 Å². The largest absolute Gasteiger partial charge is 0.508 e. The first-order valence-electron chi connectivity index (χ1n) is 24.9. The number of fused-ring (bicyclic) bond motifs is 3. The molecule has 0 bridgehead atoms. The Balaban J connectivity index is 0.726. The van der Waals surface area contributed by atoms with Gasteiger partial charge < -0.3 is 44.1 Å². The number of phenols is 1. The van der Waals surface area contributed by atoms with Crippen LogP contribution in [0.25, 0.3) is 32.8 Å². The van der Waals surface area contributed by atoms with Gasteiger partial charge in [-0.05, 0) is 65.4 Å². The number of aryl methyl sites for hydroxylation is 1. The number of aromatic hydroxyl groups is 1. The zero-order valence-corrected chi connectivity index (χ0v) is 42.2. The molecule has 5 aromatic rings. The van der Waals surface area contributed by atoms with Crippen molar-refractivity contribution < 1.29 is 57.2 Å². The first-order valence-corrected chi connectivity index (χ1v) is 25.3. The van der Waals surface area contributed by atoms with Crippen molar-refractivity contribution in [3.8, 4) is 16.9 Å². The summed E-state index contributed by atoms with van der Waals surface area (Å²) < 4.78 is 39.5. The summed E-state index contributed by atoms with van der Waals surface area (Å²) in [6.45, 7) is 6.96. The van der Waals surface area contributed by atoms with Crippen molar-refractivity contribution in [1.29, 1.82) is 0 Å². The lowest BCUT2D eigenvalue weighted by atomic mass is 9.96. The molecule has 1 unspecified atom stereocenters. The molecule has 19 nitrogen and oxygen atoms in total. The first kappa shape index (κ1) is 53.5. The van der Waals surface area contributed by atoms with Crippen molar-refractivity contribution in [3.05, 3.63) is 88.2 Å². The van der Waals surface area contributed by atoms with Gasteiger partial charge in [0.25, 0.3) is 11.8 Å². The van der Waals surface area contributed by atoms with Crippen LogP contribution >= 0.6 is 11.6 Å². The zero-order chi connectivity index (χ0) is 52.3. The van der Waals surface area contributed by atoms with Crippen LogP contribution in [-0.4, -0.2) is 170 Å². The van der Waals surface area contributed by atoms with Gasteiger partial charge in [-0.25, -0.2) is 9.37 Å². The SMILES string of the molecule is CCC(=O)N1CCN(c2nc(NCCC(=O)N(C)CCOCCOCCOCCOCCCc3cccc4c3C(=O)N(C3CCC(=O)NC3=O)C4=O)nc3c(F)c(-c4cc(O)cc5ccccc45)c(Cl)cc23)CC1. The molecule has 3 N–H and O–H groups in total. The molecule has 0 radical (unpaired) electrons. The van der Waals surface area contributed by atoms with Gasteiger partial charge in [0.05, 0.1) is 62.4 Å². The van der Waals surface area contributed by atoms with Crippen molar-refractivity contribution in [2.24, 2.45) is 0 Å². The number of likely N-dealkylation sites (N-methyl/N-ethyl adjacent to an activating group) is 1. The predicted molar refractivity (Wildman–Crippen MR) is 274 cm³/mol. The molecule has 0 aliphatic carbocycles. The molecule has 4 aromatic carbocycles. The van der Waals surface area contributed by atoms with Gasteiger partial charge in [0.2, 0.25) is 29.6 Å². The molecule has 392 valence electrons.